The standard InChI is InChI=1S/C13H26N2S/c1-4-5-6-14-13(16)15-12-8-10(2)7-11(3)9-12/h10-12H,4-9H2,1-3H3,(H2,14,15,16). The molecule has 0 aromatic heterocycles. The van der Waals surface area contributed by atoms with Crippen LogP contribution in [0.1, 0.15) is 52.9 Å². The molecule has 0 aromatic rings. The van der Waals surface area contributed by atoms with Crippen LogP contribution in [0.4, 0.5) is 0 Å². The van der Waals surface area contributed by atoms with Crippen molar-refractivity contribution in [3.63, 3.8) is 0 Å². The van der Waals surface area contributed by atoms with Gasteiger partial charge in [0.05, 0.1) is 0 Å². The van der Waals surface area contributed by atoms with E-state index in [9.17, 15) is 0 Å². The van der Waals surface area contributed by atoms with Gasteiger partial charge in [-0.3, -0.25) is 0 Å². The van der Waals surface area contributed by atoms with E-state index < -0.39 is 0 Å². The smallest absolute Gasteiger partial charge is 0.166 e. The third-order valence-corrected chi connectivity index (χ3v) is 3.59. The predicted molar refractivity (Wildman–Crippen MR) is 74.6 cm³/mol. The van der Waals surface area contributed by atoms with Crippen molar-refractivity contribution >= 4 is 17.3 Å². The topological polar surface area (TPSA) is 24.1 Å². The van der Waals surface area contributed by atoms with Crippen LogP contribution in [0.2, 0.25) is 0 Å². The van der Waals surface area contributed by atoms with Gasteiger partial charge in [-0.1, -0.05) is 27.2 Å². The average Bonchev–Trinajstić information content (AvgIpc) is 2.16. The Hall–Kier alpha value is -0.310. The molecule has 1 rings (SSSR count). The van der Waals surface area contributed by atoms with Gasteiger partial charge in [-0.05, 0) is 49.7 Å². The number of hydrogen-bond acceptors (Lipinski definition) is 1. The minimum Gasteiger partial charge on any atom is -0.363 e. The maximum absolute atomic E-state index is 5.30. The molecule has 0 heterocycles. The summed E-state index contributed by atoms with van der Waals surface area (Å²) in [5, 5.41) is 7.59. The average molecular weight is 242 g/mol. The van der Waals surface area contributed by atoms with Gasteiger partial charge in [0.2, 0.25) is 0 Å². The number of nitrogens with one attached hydrogen (secondary N) is 2. The summed E-state index contributed by atoms with van der Waals surface area (Å²) in [6.07, 6.45) is 6.31. The molecule has 1 fully saturated rings. The number of rotatable bonds is 4. The molecule has 2 unspecified atom stereocenters. The number of thiocarbonyl (C=S) groups is 1. The molecule has 0 spiro atoms. The summed E-state index contributed by atoms with van der Waals surface area (Å²) in [5.74, 6) is 1.67. The van der Waals surface area contributed by atoms with Crippen LogP contribution in [0.25, 0.3) is 0 Å². The normalized spacial score (nSPS) is 29.8. The Morgan fingerprint density at radius 2 is 1.81 bits per heavy atom. The van der Waals surface area contributed by atoms with Gasteiger partial charge >= 0.3 is 0 Å². The van der Waals surface area contributed by atoms with Crippen molar-refractivity contribution in [1.82, 2.24) is 10.6 Å². The van der Waals surface area contributed by atoms with Crippen molar-refractivity contribution in [2.24, 2.45) is 11.8 Å². The predicted octanol–water partition coefficient (Wildman–Crippen LogP) is 3.08. The van der Waals surface area contributed by atoms with E-state index in [2.05, 4.69) is 31.4 Å². The second-order valence-corrected chi connectivity index (χ2v) is 5.78. The van der Waals surface area contributed by atoms with Gasteiger partial charge in [0, 0.05) is 12.6 Å². The molecule has 0 aliphatic heterocycles. The third kappa shape index (κ3) is 5.15. The maximum atomic E-state index is 5.30. The van der Waals surface area contributed by atoms with Crippen molar-refractivity contribution in [2.45, 2.75) is 58.9 Å². The van der Waals surface area contributed by atoms with E-state index in [4.69, 9.17) is 12.2 Å². The van der Waals surface area contributed by atoms with E-state index in [1.165, 1.54) is 32.1 Å². The Bertz CT molecular complexity index is 208. The van der Waals surface area contributed by atoms with Gasteiger partial charge in [0.25, 0.3) is 0 Å². The molecule has 1 aliphatic carbocycles. The number of hydrogen-bond donors (Lipinski definition) is 2. The fourth-order valence-corrected chi connectivity index (χ4v) is 2.95. The lowest BCUT2D eigenvalue weighted by atomic mass is 9.80. The van der Waals surface area contributed by atoms with Crippen LogP contribution < -0.4 is 10.6 Å². The summed E-state index contributed by atoms with van der Waals surface area (Å²) < 4.78 is 0. The summed E-state index contributed by atoms with van der Waals surface area (Å²) >= 11 is 5.30. The van der Waals surface area contributed by atoms with Crippen LogP contribution in [0.15, 0.2) is 0 Å². The van der Waals surface area contributed by atoms with Gasteiger partial charge in [-0.15, -0.1) is 0 Å². The Balaban J connectivity index is 2.22. The molecule has 0 radical (unpaired) electrons. The zero-order valence-corrected chi connectivity index (χ0v) is 11.7. The summed E-state index contributed by atoms with van der Waals surface area (Å²) in [4.78, 5) is 0. The molecule has 2 atom stereocenters. The minimum atomic E-state index is 0.584. The van der Waals surface area contributed by atoms with Crippen molar-refractivity contribution in [3.8, 4) is 0 Å². The van der Waals surface area contributed by atoms with Crippen molar-refractivity contribution in [1.29, 1.82) is 0 Å². The van der Waals surface area contributed by atoms with E-state index in [1.54, 1.807) is 0 Å². The van der Waals surface area contributed by atoms with Crippen LogP contribution in [0.3, 0.4) is 0 Å². The van der Waals surface area contributed by atoms with Crippen LogP contribution in [-0.2, 0) is 0 Å². The molecule has 94 valence electrons. The first-order chi connectivity index (χ1) is 7.61. The van der Waals surface area contributed by atoms with E-state index in [1.807, 2.05) is 0 Å². The van der Waals surface area contributed by atoms with Crippen molar-refractivity contribution in [2.75, 3.05) is 6.54 Å². The summed E-state index contributed by atoms with van der Waals surface area (Å²) in [5.41, 5.74) is 0. The molecular weight excluding hydrogens is 216 g/mol. The monoisotopic (exact) mass is 242 g/mol. The molecule has 2 N–H and O–H groups in total. The van der Waals surface area contributed by atoms with E-state index in [-0.39, 0.29) is 0 Å². The molecular formula is C13H26N2S. The largest absolute Gasteiger partial charge is 0.363 e. The Labute approximate surface area is 106 Å². The van der Waals surface area contributed by atoms with Crippen molar-refractivity contribution < 1.29 is 0 Å². The van der Waals surface area contributed by atoms with Crippen LogP contribution in [-0.4, -0.2) is 17.7 Å². The third-order valence-electron chi connectivity index (χ3n) is 3.33. The van der Waals surface area contributed by atoms with Gasteiger partial charge in [-0.25, -0.2) is 0 Å². The maximum Gasteiger partial charge on any atom is 0.166 e. The lowest BCUT2D eigenvalue weighted by Gasteiger charge is -2.32. The fourth-order valence-electron chi connectivity index (χ4n) is 2.68. The lowest BCUT2D eigenvalue weighted by molar-refractivity contribution is 0.255. The SMILES string of the molecule is CCCCNC(=S)NC1CC(C)CC(C)C1. The highest BCUT2D eigenvalue weighted by Crippen LogP contribution is 2.28. The molecule has 0 aromatic carbocycles. The summed E-state index contributed by atoms with van der Waals surface area (Å²) in [7, 11) is 0. The highest BCUT2D eigenvalue weighted by atomic mass is 32.1. The second-order valence-electron chi connectivity index (χ2n) is 5.37. The molecule has 1 saturated carbocycles. The first-order valence-electron chi connectivity index (χ1n) is 6.66. The van der Waals surface area contributed by atoms with E-state index >= 15 is 0 Å². The number of unbranched alkanes of at least 4 members (excludes halogenated alkanes) is 1. The zero-order chi connectivity index (χ0) is 12.0. The second kappa shape index (κ2) is 7.10. The minimum absolute atomic E-state index is 0.584. The molecule has 0 amide bonds. The van der Waals surface area contributed by atoms with Crippen LogP contribution in [0.5, 0.6) is 0 Å². The summed E-state index contributed by atoms with van der Waals surface area (Å²) in [6.45, 7) is 7.89. The van der Waals surface area contributed by atoms with Crippen LogP contribution >= 0.6 is 12.2 Å². The Morgan fingerprint density at radius 1 is 1.19 bits per heavy atom. The molecule has 1 aliphatic rings. The van der Waals surface area contributed by atoms with Gasteiger partial charge < -0.3 is 10.6 Å². The Kier molecular flexibility index (Phi) is 6.10. The van der Waals surface area contributed by atoms with E-state index in [0.717, 1.165) is 23.5 Å². The van der Waals surface area contributed by atoms with Gasteiger partial charge in [0.15, 0.2) is 5.11 Å². The first-order valence-corrected chi connectivity index (χ1v) is 7.07. The lowest BCUT2D eigenvalue weighted by Crippen LogP contribution is -2.45. The molecule has 0 saturated heterocycles. The molecule has 3 heteroatoms. The van der Waals surface area contributed by atoms with Gasteiger partial charge in [0.1, 0.15) is 0 Å². The van der Waals surface area contributed by atoms with Crippen LogP contribution in [0, 0.1) is 11.8 Å². The Morgan fingerprint density at radius 3 is 2.38 bits per heavy atom. The van der Waals surface area contributed by atoms with E-state index in [0.29, 0.717) is 6.04 Å². The van der Waals surface area contributed by atoms with Gasteiger partial charge in [-0.2, -0.15) is 0 Å². The molecule has 2 nitrogen and oxygen atoms in total. The first kappa shape index (κ1) is 13.8. The summed E-state index contributed by atoms with van der Waals surface area (Å²) in [6, 6.07) is 0.584. The van der Waals surface area contributed by atoms with Crippen molar-refractivity contribution in [3.05, 3.63) is 0 Å². The molecule has 16 heavy (non-hydrogen) atoms. The molecule has 0 bridgehead atoms. The highest BCUT2D eigenvalue weighted by molar-refractivity contribution is 7.80. The zero-order valence-electron chi connectivity index (χ0n) is 10.9. The highest BCUT2D eigenvalue weighted by Gasteiger charge is 2.23. The quantitative estimate of drug-likeness (QED) is 0.585. The fraction of sp³-hybridized carbons (Fsp3) is 0.923.